The monoisotopic (exact) mass is 267 g/mol. The Morgan fingerprint density at radius 2 is 1.68 bits per heavy atom. The van der Waals surface area contributed by atoms with E-state index in [-0.39, 0.29) is 5.91 Å². The number of rotatable bonds is 7. The van der Waals surface area contributed by atoms with E-state index in [2.05, 4.69) is 12.2 Å². The molecule has 0 spiro atoms. The predicted molar refractivity (Wildman–Crippen MR) is 73.3 cm³/mol. The fourth-order valence-electron chi connectivity index (χ4n) is 1.69. The molecule has 1 N–H and O–H groups in total. The Balaban J connectivity index is 2.98. The number of ether oxygens (including phenoxy) is 3. The van der Waals surface area contributed by atoms with Gasteiger partial charge in [-0.3, -0.25) is 4.79 Å². The third kappa shape index (κ3) is 3.77. The molecule has 1 amide bonds. The molecule has 0 aliphatic heterocycles. The number of hydrogen-bond acceptors (Lipinski definition) is 4. The van der Waals surface area contributed by atoms with Crippen LogP contribution in [0.25, 0.3) is 0 Å². The molecule has 0 aliphatic rings. The van der Waals surface area contributed by atoms with Gasteiger partial charge < -0.3 is 19.5 Å². The molecule has 0 aliphatic carbocycles. The number of carbonyl (C=O) groups is 1. The minimum Gasteiger partial charge on any atom is -0.493 e. The average molecular weight is 267 g/mol. The van der Waals surface area contributed by atoms with Gasteiger partial charge in [0, 0.05) is 12.1 Å². The lowest BCUT2D eigenvalue weighted by Gasteiger charge is -2.14. The second kappa shape index (κ2) is 7.51. The molecule has 1 aromatic carbocycles. The van der Waals surface area contributed by atoms with Gasteiger partial charge in [-0.05, 0) is 18.6 Å². The molecule has 1 aromatic rings. The van der Waals surface area contributed by atoms with Crippen molar-refractivity contribution in [3.8, 4) is 17.2 Å². The maximum absolute atomic E-state index is 12.0. The Morgan fingerprint density at radius 3 is 2.11 bits per heavy atom. The number of unbranched alkanes of at least 4 members (excludes halogenated alkanes) is 1. The Bertz CT molecular complexity index is 406. The summed E-state index contributed by atoms with van der Waals surface area (Å²) in [6, 6.07) is 3.28. The van der Waals surface area contributed by atoms with Gasteiger partial charge in [-0.2, -0.15) is 0 Å². The van der Waals surface area contributed by atoms with Gasteiger partial charge in [-0.25, -0.2) is 0 Å². The molecular weight excluding hydrogens is 246 g/mol. The highest BCUT2D eigenvalue weighted by Crippen LogP contribution is 2.38. The summed E-state index contributed by atoms with van der Waals surface area (Å²) < 4.78 is 15.6. The van der Waals surface area contributed by atoms with Gasteiger partial charge in [0.15, 0.2) is 11.5 Å². The van der Waals surface area contributed by atoms with E-state index in [1.807, 2.05) is 0 Å². The SMILES string of the molecule is CCCCNC(=O)c1cc(OC)c(OC)c(OC)c1. The van der Waals surface area contributed by atoms with Crippen LogP contribution in [0.2, 0.25) is 0 Å². The summed E-state index contributed by atoms with van der Waals surface area (Å²) in [5.74, 6) is 1.28. The van der Waals surface area contributed by atoms with Crippen molar-refractivity contribution in [2.24, 2.45) is 0 Å². The quantitative estimate of drug-likeness (QED) is 0.770. The summed E-state index contributed by atoms with van der Waals surface area (Å²) in [6.07, 6.45) is 1.99. The minimum absolute atomic E-state index is 0.146. The number of carbonyl (C=O) groups excluding carboxylic acids is 1. The van der Waals surface area contributed by atoms with E-state index < -0.39 is 0 Å². The van der Waals surface area contributed by atoms with Crippen LogP contribution < -0.4 is 19.5 Å². The summed E-state index contributed by atoms with van der Waals surface area (Å²) in [5, 5.41) is 2.85. The first-order valence-electron chi connectivity index (χ1n) is 6.26. The molecule has 1 rings (SSSR count). The third-order valence-electron chi connectivity index (χ3n) is 2.74. The van der Waals surface area contributed by atoms with Crippen LogP contribution in [0.15, 0.2) is 12.1 Å². The molecule has 0 bridgehead atoms. The Hall–Kier alpha value is -1.91. The van der Waals surface area contributed by atoms with Crippen LogP contribution in [0.4, 0.5) is 0 Å². The molecule has 19 heavy (non-hydrogen) atoms. The second-order valence-corrected chi connectivity index (χ2v) is 4.02. The van der Waals surface area contributed by atoms with Gasteiger partial charge in [-0.15, -0.1) is 0 Å². The van der Waals surface area contributed by atoms with E-state index >= 15 is 0 Å². The standard InChI is InChI=1S/C14H21NO4/c1-5-6-7-15-14(16)10-8-11(17-2)13(19-4)12(9-10)18-3/h8-9H,5-7H2,1-4H3,(H,15,16). The lowest BCUT2D eigenvalue weighted by atomic mass is 10.1. The van der Waals surface area contributed by atoms with Gasteiger partial charge in [0.05, 0.1) is 21.3 Å². The fourth-order valence-corrected chi connectivity index (χ4v) is 1.69. The van der Waals surface area contributed by atoms with Crippen LogP contribution in [-0.2, 0) is 0 Å². The zero-order valence-electron chi connectivity index (χ0n) is 11.9. The van der Waals surface area contributed by atoms with Crippen LogP contribution in [0, 0.1) is 0 Å². The zero-order valence-corrected chi connectivity index (χ0v) is 11.9. The normalized spacial score (nSPS) is 9.89. The van der Waals surface area contributed by atoms with Crippen LogP contribution >= 0.6 is 0 Å². The van der Waals surface area contributed by atoms with Crippen LogP contribution in [0.1, 0.15) is 30.1 Å². The molecule has 106 valence electrons. The van der Waals surface area contributed by atoms with E-state index in [9.17, 15) is 4.79 Å². The number of amides is 1. The molecule has 0 unspecified atom stereocenters. The van der Waals surface area contributed by atoms with Crippen LogP contribution in [-0.4, -0.2) is 33.8 Å². The average Bonchev–Trinajstić information content (AvgIpc) is 2.45. The number of methoxy groups -OCH3 is 3. The van der Waals surface area contributed by atoms with E-state index in [0.717, 1.165) is 12.8 Å². The van der Waals surface area contributed by atoms with Crippen LogP contribution in [0.5, 0.6) is 17.2 Å². The lowest BCUT2D eigenvalue weighted by molar-refractivity contribution is 0.0952. The maximum Gasteiger partial charge on any atom is 0.251 e. The predicted octanol–water partition coefficient (Wildman–Crippen LogP) is 2.24. The summed E-state index contributed by atoms with van der Waals surface area (Å²) in [7, 11) is 4.58. The van der Waals surface area contributed by atoms with E-state index in [1.165, 1.54) is 21.3 Å². The van der Waals surface area contributed by atoms with E-state index in [4.69, 9.17) is 14.2 Å². The largest absolute Gasteiger partial charge is 0.493 e. The van der Waals surface area contributed by atoms with Crippen molar-refractivity contribution in [2.75, 3.05) is 27.9 Å². The van der Waals surface area contributed by atoms with Crippen molar-refractivity contribution in [3.63, 3.8) is 0 Å². The molecule has 5 nitrogen and oxygen atoms in total. The summed E-state index contributed by atoms with van der Waals surface area (Å²) >= 11 is 0. The number of hydrogen-bond donors (Lipinski definition) is 1. The number of nitrogens with one attached hydrogen (secondary N) is 1. The first-order chi connectivity index (χ1) is 9.17. The van der Waals surface area contributed by atoms with Crippen molar-refractivity contribution in [3.05, 3.63) is 17.7 Å². The van der Waals surface area contributed by atoms with Gasteiger partial charge in [-0.1, -0.05) is 13.3 Å². The zero-order chi connectivity index (χ0) is 14.3. The summed E-state index contributed by atoms with van der Waals surface area (Å²) in [6.45, 7) is 2.73. The lowest BCUT2D eigenvalue weighted by Crippen LogP contribution is -2.24. The van der Waals surface area contributed by atoms with Crippen molar-refractivity contribution < 1.29 is 19.0 Å². The number of benzene rings is 1. The fraction of sp³-hybridized carbons (Fsp3) is 0.500. The molecular formula is C14H21NO4. The molecule has 5 heteroatoms. The highest BCUT2D eigenvalue weighted by Gasteiger charge is 2.16. The molecule has 0 fully saturated rings. The minimum atomic E-state index is -0.146. The van der Waals surface area contributed by atoms with Crippen molar-refractivity contribution in [1.82, 2.24) is 5.32 Å². The Labute approximate surface area is 113 Å². The molecule has 0 atom stereocenters. The van der Waals surface area contributed by atoms with Crippen LogP contribution in [0.3, 0.4) is 0 Å². The summed E-state index contributed by atoms with van der Waals surface area (Å²) in [5.41, 5.74) is 0.491. The molecule has 0 radical (unpaired) electrons. The first kappa shape index (κ1) is 15.1. The second-order valence-electron chi connectivity index (χ2n) is 4.02. The van der Waals surface area contributed by atoms with Gasteiger partial charge in [0.25, 0.3) is 5.91 Å². The topological polar surface area (TPSA) is 56.8 Å². The maximum atomic E-state index is 12.0. The van der Waals surface area contributed by atoms with Gasteiger partial charge >= 0.3 is 0 Å². The molecule has 0 saturated heterocycles. The van der Waals surface area contributed by atoms with E-state index in [1.54, 1.807) is 12.1 Å². The smallest absolute Gasteiger partial charge is 0.251 e. The molecule has 0 heterocycles. The van der Waals surface area contributed by atoms with Crippen molar-refractivity contribution in [2.45, 2.75) is 19.8 Å². The van der Waals surface area contributed by atoms with Gasteiger partial charge in [0.2, 0.25) is 5.75 Å². The van der Waals surface area contributed by atoms with E-state index in [0.29, 0.717) is 29.4 Å². The molecule has 0 saturated carbocycles. The summed E-state index contributed by atoms with van der Waals surface area (Å²) in [4.78, 5) is 12.0. The van der Waals surface area contributed by atoms with Crippen molar-refractivity contribution >= 4 is 5.91 Å². The Kier molecular flexibility index (Phi) is 5.99. The highest BCUT2D eigenvalue weighted by atomic mass is 16.5. The third-order valence-corrected chi connectivity index (χ3v) is 2.74. The van der Waals surface area contributed by atoms with Crippen molar-refractivity contribution in [1.29, 1.82) is 0 Å². The highest BCUT2D eigenvalue weighted by molar-refractivity contribution is 5.95. The first-order valence-corrected chi connectivity index (χ1v) is 6.26. The molecule has 0 aromatic heterocycles. The Morgan fingerprint density at radius 1 is 1.11 bits per heavy atom. The van der Waals surface area contributed by atoms with Gasteiger partial charge in [0.1, 0.15) is 0 Å².